The van der Waals surface area contributed by atoms with Crippen molar-refractivity contribution < 1.29 is 0 Å². The third-order valence-corrected chi connectivity index (χ3v) is 1.43. The van der Waals surface area contributed by atoms with Crippen LogP contribution in [0.5, 0.6) is 0 Å². The molecule has 0 bridgehead atoms. The molecule has 0 radical (unpaired) electrons. The van der Waals surface area contributed by atoms with Crippen molar-refractivity contribution in [2.24, 2.45) is 5.73 Å². The van der Waals surface area contributed by atoms with Gasteiger partial charge in [-0.15, -0.1) is 0 Å². The molecule has 0 heterocycles. The quantitative estimate of drug-likeness (QED) is 0.594. The number of hydrogen-bond donors (Lipinski definition) is 1. The molecule has 0 aromatic heterocycles. The first-order valence-electron chi connectivity index (χ1n) is 3.78. The molecule has 0 rings (SSSR count). The van der Waals surface area contributed by atoms with Gasteiger partial charge >= 0.3 is 0 Å². The van der Waals surface area contributed by atoms with E-state index in [0.717, 1.165) is 19.4 Å². The SMILES string of the molecule is C/C=C(/C)C/C=C\CCN. The van der Waals surface area contributed by atoms with Gasteiger partial charge in [-0.1, -0.05) is 23.8 Å². The van der Waals surface area contributed by atoms with Crippen LogP contribution in [0.1, 0.15) is 26.7 Å². The minimum absolute atomic E-state index is 0.755. The Hall–Kier alpha value is -0.560. The van der Waals surface area contributed by atoms with Crippen molar-refractivity contribution in [3.05, 3.63) is 23.8 Å². The number of rotatable bonds is 4. The van der Waals surface area contributed by atoms with Crippen molar-refractivity contribution in [3.63, 3.8) is 0 Å². The lowest BCUT2D eigenvalue weighted by atomic mass is 10.2. The topological polar surface area (TPSA) is 26.0 Å². The van der Waals surface area contributed by atoms with Crippen LogP contribution in [0.25, 0.3) is 0 Å². The van der Waals surface area contributed by atoms with E-state index in [-0.39, 0.29) is 0 Å². The average Bonchev–Trinajstić information content (AvgIpc) is 1.98. The average molecular weight is 139 g/mol. The second-order valence-electron chi connectivity index (χ2n) is 2.39. The minimum atomic E-state index is 0.755. The van der Waals surface area contributed by atoms with Gasteiger partial charge in [-0.05, 0) is 33.2 Å². The Morgan fingerprint density at radius 3 is 2.60 bits per heavy atom. The molecule has 0 saturated heterocycles. The lowest BCUT2D eigenvalue weighted by Crippen LogP contribution is -1.94. The molecule has 0 fully saturated rings. The fourth-order valence-corrected chi connectivity index (χ4v) is 0.601. The summed E-state index contributed by atoms with van der Waals surface area (Å²) in [5.41, 5.74) is 6.72. The fraction of sp³-hybridized carbons (Fsp3) is 0.556. The normalized spacial score (nSPS) is 12.9. The summed E-state index contributed by atoms with van der Waals surface area (Å²) in [6, 6.07) is 0. The van der Waals surface area contributed by atoms with Gasteiger partial charge in [0, 0.05) is 0 Å². The zero-order chi connectivity index (χ0) is 7.82. The summed E-state index contributed by atoms with van der Waals surface area (Å²) in [4.78, 5) is 0. The Balaban J connectivity index is 3.34. The third kappa shape index (κ3) is 5.57. The molecule has 0 amide bonds. The predicted molar refractivity (Wildman–Crippen MR) is 46.9 cm³/mol. The number of nitrogens with two attached hydrogens (primary N) is 1. The van der Waals surface area contributed by atoms with Crippen LogP contribution >= 0.6 is 0 Å². The van der Waals surface area contributed by atoms with Crippen molar-refractivity contribution in [1.82, 2.24) is 0 Å². The molecule has 1 nitrogen and oxygen atoms in total. The molecule has 0 aliphatic rings. The summed E-state index contributed by atoms with van der Waals surface area (Å²) in [6.45, 7) is 4.95. The summed E-state index contributed by atoms with van der Waals surface area (Å²) in [5, 5.41) is 0. The molecule has 0 aromatic rings. The highest BCUT2D eigenvalue weighted by Crippen LogP contribution is 1.99. The highest BCUT2D eigenvalue weighted by Gasteiger charge is 1.80. The van der Waals surface area contributed by atoms with E-state index in [1.165, 1.54) is 5.57 Å². The zero-order valence-electron chi connectivity index (χ0n) is 6.93. The second kappa shape index (κ2) is 6.56. The van der Waals surface area contributed by atoms with Crippen molar-refractivity contribution >= 4 is 0 Å². The molecular weight excluding hydrogens is 122 g/mol. The molecule has 0 unspecified atom stereocenters. The largest absolute Gasteiger partial charge is 0.330 e. The highest BCUT2D eigenvalue weighted by atomic mass is 14.5. The predicted octanol–water partition coefficient (Wildman–Crippen LogP) is 2.25. The highest BCUT2D eigenvalue weighted by molar-refractivity contribution is 5.02. The maximum absolute atomic E-state index is 5.31. The third-order valence-electron chi connectivity index (χ3n) is 1.43. The van der Waals surface area contributed by atoms with Crippen LogP contribution in [-0.2, 0) is 0 Å². The summed E-state index contributed by atoms with van der Waals surface area (Å²) in [7, 11) is 0. The van der Waals surface area contributed by atoms with Crippen LogP contribution in [0, 0.1) is 0 Å². The molecule has 0 atom stereocenters. The van der Waals surface area contributed by atoms with Crippen molar-refractivity contribution in [2.45, 2.75) is 26.7 Å². The van der Waals surface area contributed by atoms with E-state index in [9.17, 15) is 0 Å². The number of allylic oxidation sites excluding steroid dienone is 3. The molecule has 0 aromatic carbocycles. The van der Waals surface area contributed by atoms with Crippen LogP contribution in [0.4, 0.5) is 0 Å². The van der Waals surface area contributed by atoms with Gasteiger partial charge < -0.3 is 5.73 Å². The summed E-state index contributed by atoms with van der Waals surface area (Å²) >= 11 is 0. The minimum Gasteiger partial charge on any atom is -0.330 e. The second-order valence-corrected chi connectivity index (χ2v) is 2.39. The lowest BCUT2D eigenvalue weighted by Gasteiger charge is -1.91. The Bertz CT molecular complexity index is 123. The van der Waals surface area contributed by atoms with Gasteiger partial charge in [-0.3, -0.25) is 0 Å². The van der Waals surface area contributed by atoms with Crippen molar-refractivity contribution in [3.8, 4) is 0 Å². The van der Waals surface area contributed by atoms with Crippen LogP contribution < -0.4 is 5.73 Å². The van der Waals surface area contributed by atoms with Gasteiger partial charge in [0.25, 0.3) is 0 Å². The van der Waals surface area contributed by atoms with Crippen LogP contribution in [-0.4, -0.2) is 6.54 Å². The Kier molecular flexibility index (Phi) is 6.19. The number of hydrogen-bond acceptors (Lipinski definition) is 1. The first-order chi connectivity index (χ1) is 4.81. The standard InChI is InChI=1S/C9H17N/c1-3-9(2)7-5-4-6-8-10/h3-5H,6-8,10H2,1-2H3/b5-4-,9-3-. The van der Waals surface area contributed by atoms with E-state index in [1.54, 1.807) is 0 Å². The van der Waals surface area contributed by atoms with Gasteiger partial charge in [0.05, 0.1) is 0 Å². The molecule has 1 heteroatoms. The molecule has 58 valence electrons. The molecule has 0 aliphatic heterocycles. The van der Waals surface area contributed by atoms with Crippen LogP contribution in [0.2, 0.25) is 0 Å². The molecule has 0 aliphatic carbocycles. The van der Waals surface area contributed by atoms with Crippen molar-refractivity contribution in [2.75, 3.05) is 6.54 Å². The van der Waals surface area contributed by atoms with E-state index in [2.05, 4.69) is 32.1 Å². The van der Waals surface area contributed by atoms with Crippen molar-refractivity contribution in [1.29, 1.82) is 0 Å². The maximum Gasteiger partial charge on any atom is -0.00426 e. The van der Waals surface area contributed by atoms with Crippen LogP contribution in [0.15, 0.2) is 23.8 Å². The molecule has 10 heavy (non-hydrogen) atoms. The summed E-state index contributed by atoms with van der Waals surface area (Å²) < 4.78 is 0. The molecule has 0 saturated carbocycles. The van der Waals surface area contributed by atoms with E-state index >= 15 is 0 Å². The first kappa shape index (κ1) is 9.44. The monoisotopic (exact) mass is 139 g/mol. The molecule has 2 N–H and O–H groups in total. The van der Waals surface area contributed by atoms with E-state index in [1.807, 2.05) is 0 Å². The van der Waals surface area contributed by atoms with Gasteiger partial charge in [0.15, 0.2) is 0 Å². The fourth-order valence-electron chi connectivity index (χ4n) is 0.601. The summed E-state index contributed by atoms with van der Waals surface area (Å²) in [5.74, 6) is 0. The van der Waals surface area contributed by atoms with Gasteiger partial charge in [-0.2, -0.15) is 0 Å². The van der Waals surface area contributed by atoms with E-state index in [0.29, 0.717) is 0 Å². The van der Waals surface area contributed by atoms with Gasteiger partial charge in [-0.25, -0.2) is 0 Å². The molecule has 0 spiro atoms. The Morgan fingerprint density at radius 1 is 1.40 bits per heavy atom. The van der Waals surface area contributed by atoms with E-state index in [4.69, 9.17) is 5.73 Å². The Labute approximate surface area is 63.6 Å². The Morgan fingerprint density at radius 2 is 2.10 bits per heavy atom. The maximum atomic E-state index is 5.31. The smallest absolute Gasteiger partial charge is 0.00426 e. The summed E-state index contributed by atoms with van der Waals surface area (Å²) in [6.07, 6.45) is 8.50. The molecular formula is C9H17N. The van der Waals surface area contributed by atoms with E-state index < -0.39 is 0 Å². The van der Waals surface area contributed by atoms with Gasteiger partial charge in [0.1, 0.15) is 0 Å². The first-order valence-corrected chi connectivity index (χ1v) is 3.78. The van der Waals surface area contributed by atoms with Crippen LogP contribution in [0.3, 0.4) is 0 Å². The van der Waals surface area contributed by atoms with Gasteiger partial charge in [0.2, 0.25) is 0 Å². The lowest BCUT2D eigenvalue weighted by molar-refractivity contribution is 0.999. The zero-order valence-corrected chi connectivity index (χ0v) is 6.93.